The van der Waals surface area contributed by atoms with Crippen molar-refractivity contribution in [2.24, 2.45) is 11.5 Å². The molecule has 1 aliphatic rings. The van der Waals surface area contributed by atoms with E-state index in [1.165, 1.54) is 32.5 Å². The third-order valence-corrected chi connectivity index (χ3v) is 12.1. The molecule has 0 spiro atoms. The zero-order valence-electron chi connectivity index (χ0n) is 37.3. The molecule has 5 amide bonds. The minimum absolute atomic E-state index is 0.0409. The lowest BCUT2D eigenvalue weighted by Gasteiger charge is -2.44. The van der Waals surface area contributed by atoms with E-state index in [9.17, 15) is 44.1 Å². The van der Waals surface area contributed by atoms with Crippen LogP contribution in [0.25, 0.3) is 0 Å². The van der Waals surface area contributed by atoms with Gasteiger partial charge in [-0.05, 0) is 49.6 Å². The van der Waals surface area contributed by atoms with Crippen molar-refractivity contribution < 1.29 is 58.3 Å². The number of nitrogens with one attached hydrogen (secondary N) is 4. The minimum Gasteiger partial charge on any atom is -0.459 e. The summed E-state index contributed by atoms with van der Waals surface area (Å²) in [5.41, 5.74) is 14.3. The van der Waals surface area contributed by atoms with E-state index in [1.54, 1.807) is 60.7 Å². The van der Waals surface area contributed by atoms with Crippen molar-refractivity contribution in [1.82, 2.24) is 20.9 Å². The van der Waals surface area contributed by atoms with E-state index in [0.29, 0.717) is 38.3 Å². The number of para-hydroxylation sites is 2. The topological polar surface area (TPSA) is 294 Å². The summed E-state index contributed by atoms with van der Waals surface area (Å²) in [5, 5.41) is 43.2. The van der Waals surface area contributed by atoms with Crippen LogP contribution in [0.1, 0.15) is 44.7 Å². The fourth-order valence-corrected chi connectivity index (χ4v) is 8.45. The predicted molar refractivity (Wildman–Crippen MR) is 252 cm³/mol. The Hall–Kier alpha value is -5.03. The number of hydrogen-bond acceptors (Lipinski definition) is 15. The van der Waals surface area contributed by atoms with Crippen LogP contribution in [-0.4, -0.2) is 142 Å². The maximum atomic E-state index is 13.5. The molecule has 67 heavy (non-hydrogen) atoms. The average Bonchev–Trinajstić information content (AvgIpc) is 3.28. The number of anilines is 2. The lowest BCUT2D eigenvalue weighted by Crippen LogP contribution is -2.65. The number of carbonyl (C=O) groups is 6. The second-order valence-corrected chi connectivity index (χ2v) is 17.8. The van der Waals surface area contributed by atoms with Crippen molar-refractivity contribution >= 4 is 81.8 Å². The third kappa shape index (κ3) is 16.9. The molecule has 11 N–H and O–H groups in total. The second kappa shape index (κ2) is 27.1. The number of hydrogen-bond donors (Lipinski definition) is 9. The number of esters is 1. The van der Waals surface area contributed by atoms with Gasteiger partial charge in [-0.25, -0.2) is 4.79 Å². The molecule has 0 bridgehead atoms. The first-order chi connectivity index (χ1) is 31.9. The van der Waals surface area contributed by atoms with Crippen LogP contribution in [0.4, 0.5) is 11.4 Å². The zero-order valence-corrected chi connectivity index (χ0v) is 39.6. The van der Waals surface area contributed by atoms with Gasteiger partial charge in [-0.2, -0.15) is 11.8 Å². The quantitative estimate of drug-likeness (QED) is 0.0430. The highest BCUT2D eigenvalue weighted by atomic mass is 35.5. The summed E-state index contributed by atoms with van der Waals surface area (Å²) >= 11 is 14.0. The number of carbonyl (C=O) groups excluding carboxylic acids is 6. The van der Waals surface area contributed by atoms with Crippen LogP contribution in [0.15, 0.2) is 72.8 Å². The first-order valence-electron chi connectivity index (χ1n) is 21.4. The van der Waals surface area contributed by atoms with Gasteiger partial charge in [0.2, 0.25) is 29.5 Å². The van der Waals surface area contributed by atoms with E-state index in [1.807, 2.05) is 12.1 Å². The Morgan fingerprint density at radius 1 is 0.940 bits per heavy atom. The fourth-order valence-electron chi connectivity index (χ4n) is 7.09. The Morgan fingerprint density at radius 3 is 2.25 bits per heavy atom. The molecular formula is C45H59Cl2N7O12S. The standard InChI is InChI=1S/C45H59Cl2N7O12S/c1-25(65-41-39(51-27(3)56)45(63)66-35(22-55)40(41)59)21-54(43(61)26(2)48)34(42(49)60)16-17-36(57)52-33(44(62)64-23-28-10-5-4-6-11-28)24-67-19-18-50-37(58)20-29-12-7-8-15-32(29)53-38-30(46)13-9-14-31(38)47/h4-15,25-26,33-35,39-41,45,53,55,59,63H,16-24,48H2,1-3H3,(H2,49,60)(H,50,58)(H,51,56)(H,52,57)/t25?,26-,33-,34+,35+,39+,40+,41+,45-/m0/s1. The number of ether oxygens (including phenoxy) is 3. The van der Waals surface area contributed by atoms with Crippen LogP contribution >= 0.6 is 35.0 Å². The summed E-state index contributed by atoms with van der Waals surface area (Å²) in [4.78, 5) is 79.4. The number of benzene rings is 3. The van der Waals surface area contributed by atoms with Gasteiger partial charge in [-0.1, -0.05) is 77.8 Å². The van der Waals surface area contributed by atoms with Crippen molar-refractivity contribution in [3.05, 3.63) is 94.0 Å². The first-order valence-corrected chi connectivity index (χ1v) is 23.3. The number of primary amides is 1. The molecule has 1 unspecified atom stereocenters. The van der Waals surface area contributed by atoms with Crippen molar-refractivity contribution in [3.8, 4) is 0 Å². The van der Waals surface area contributed by atoms with E-state index in [4.69, 9.17) is 48.9 Å². The highest BCUT2D eigenvalue weighted by Gasteiger charge is 2.47. The SMILES string of the molecule is CC(=O)N[C@@H]1[C@@H](OC(C)CN(C(=O)[C@H](C)N)[C@H](CCC(=O)N[C@@H](CSCCNC(=O)Cc2ccccc2Nc2c(Cl)cccc2Cl)C(=O)OCc2ccccc2)C(N)=O)[C@H](O)[C@@H](CO)O[C@@H]1O. The van der Waals surface area contributed by atoms with Gasteiger partial charge in [0.25, 0.3) is 0 Å². The Morgan fingerprint density at radius 2 is 1.61 bits per heavy atom. The van der Waals surface area contributed by atoms with Gasteiger partial charge in [0.15, 0.2) is 6.29 Å². The van der Waals surface area contributed by atoms with Crippen LogP contribution in [0.2, 0.25) is 10.0 Å². The first kappa shape index (κ1) is 54.6. The lowest BCUT2D eigenvalue weighted by molar-refractivity contribution is -0.268. The van der Waals surface area contributed by atoms with Crippen molar-refractivity contribution in [1.29, 1.82) is 0 Å². The predicted octanol–water partition coefficient (Wildman–Crippen LogP) is 1.52. The molecule has 1 saturated heterocycles. The number of amides is 5. The number of aliphatic hydroxyl groups is 3. The lowest BCUT2D eigenvalue weighted by atomic mass is 9.96. The molecular weight excluding hydrogens is 934 g/mol. The maximum absolute atomic E-state index is 13.5. The van der Waals surface area contributed by atoms with E-state index < -0.39 is 91.1 Å². The van der Waals surface area contributed by atoms with Gasteiger partial charge < -0.3 is 67.2 Å². The molecule has 1 heterocycles. The van der Waals surface area contributed by atoms with Crippen LogP contribution < -0.4 is 32.7 Å². The second-order valence-electron chi connectivity index (χ2n) is 15.8. The Kier molecular flexibility index (Phi) is 22.1. The third-order valence-electron chi connectivity index (χ3n) is 10.4. The summed E-state index contributed by atoms with van der Waals surface area (Å²) in [6.45, 7) is 3.16. The van der Waals surface area contributed by atoms with Crippen LogP contribution in [0.5, 0.6) is 0 Å². The molecule has 4 rings (SSSR count). The molecule has 0 radical (unpaired) electrons. The summed E-state index contributed by atoms with van der Waals surface area (Å²) in [6, 6.07) is 16.3. The van der Waals surface area contributed by atoms with Gasteiger partial charge in [0, 0.05) is 43.6 Å². The molecule has 19 nitrogen and oxygen atoms in total. The number of aliphatic hydroxyl groups excluding tert-OH is 3. The molecule has 0 aromatic heterocycles. The van der Waals surface area contributed by atoms with E-state index >= 15 is 0 Å². The molecule has 1 aliphatic heterocycles. The van der Waals surface area contributed by atoms with Crippen LogP contribution in [-0.2, 0) is 56.0 Å². The molecule has 366 valence electrons. The number of rotatable bonds is 25. The van der Waals surface area contributed by atoms with Gasteiger partial charge in [-0.15, -0.1) is 0 Å². The highest BCUT2D eigenvalue weighted by Crippen LogP contribution is 2.34. The van der Waals surface area contributed by atoms with Crippen molar-refractivity contribution in [2.45, 2.75) is 102 Å². The van der Waals surface area contributed by atoms with E-state index in [2.05, 4.69) is 21.3 Å². The molecule has 1 fully saturated rings. The molecule has 0 aliphatic carbocycles. The number of nitrogens with zero attached hydrogens (tertiary/aromatic N) is 1. The smallest absolute Gasteiger partial charge is 0.329 e. The van der Waals surface area contributed by atoms with E-state index in [0.717, 1.165) is 4.90 Å². The average molecular weight is 993 g/mol. The largest absolute Gasteiger partial charge is 0.459 e. The zero-order chi connectivity index (χ0) is 49.2. The number of thioether (sulfide) groups is 1. The summed E-state index contributed by atoms with van der Waals surface area (Å²) in [6.07, 6.45) is -7.51. The Bertz CT molecular complexity index is 2120. The molecule has 9 atom stereocenters. The monoisotopic (exact) mass is 991 g/mol. The molecule has 3 aromatic rings. The minimum atomic E-state index is -1.68. The summed E-state index contributed by atoms with van der Waals surface area (Å²) in [7, 11) is 0. The van der Waals surface area contributed by atoms with Crippen molar-refractivity contribution in [2.75, 3.05) is 36.5 Å². The Balaban J connectivity index is 1.39. The van der Waals surface area contributed by atoms with Crippen LogP contribution in [0, 0.1) is 0 Å². The summed E-state index contributed by atoms with van der Waals surface area (Å²) in [5.74, 6) is -3.55. The van der Waals surface area contributed by atoms with Crippen LogP contribution in [0.3, 0.4) is 0 Å². The molecule has 0 saturated carbocycles. The summed E-state index contributed by atoms with van der Waals surface area (Å²) < 4.78 is 16.8. The van der Waals surface area contributed by atoms with Gasteiger partial charge in [0.05, 0.1) is 40.9 Å². The van der Waals surface area contributed by atoms with Gasteiger partial charge >= 0.3 is 5.97 Å². The normalized spacial score (nSPS) is 19.7. The van der Waals surface area contributed by atoms with Gasteiger partial charge in [-0.3, -0.25) is 24.0 Å². The Labute approximate surface area is 402 Å². The van der Waals surface area contributed by atoms with Crippen molar-refractivity contribution in [3.63, 3.8) is 0 Å². The van der Waals surface area contributed by atoms with E-state index in [-0.39, 0.29) is 50.6 Å². The van der Waals surface area contributed by atoms with Gasteiger partial charge in [0.1, 0.15) is 43.0 Å². The maximum Gasteiger partial charge on any atom is 0.329 e. The fraction of sp³-hybridized carbons (Fsp3) is 0.467. The highest BCUT2D eigenvalue weighted by molar-refractivity contribution is 7.99. The number of halogens is 2. The number of nitrogens with two attached hydrogens (primary N) is 2. The molecule has 22 heteroatoms. The molecule has 3 aromatic carbocycles.